The van der Waals surface area contributed by atoms with Crippen LogP contribution in [0.25, 0.3) is 0 Å². The molecule has 2 heteroatoms. The maximum atomic E-state index is 3.75. The van der Waals surface area contributed by atoms with E-state index in [0.717, 1.165) is 18.0 Å². The number of hydrogen-bond acceptors (Lipinski definition) is 2. The second-order valence-electron chi connectivity index (χ2n) is 5.43. The summed E-state index contributed by atoms with van der Waals surface area (Å²) in [5, 5.41) is 3.75. The summed E-state index contributed by atoms with van der Waals surface area (Å²) in [6, 6.07) is 1.66. The maximum Gasteiger partial charge on any atom is 0.0198 e. The van der Waals surface area contributed by atoms with Gasteiger partial charge in [0.25, 0.3) is 0 Å². The van der Waals surface area contributed by atoms with Gasteiger partial charge in [0, 0.05) is 25.2 Å². The number of piperidine rings is 1. The van der Waals surface area contributed by atoms with Crippen LogP contribution >= 0.6 is 0 Å². The van der Waals surface area contributed by atoms with Crippen molar-refractivity contribution < 1.29 is 0 Å². The van der Waals surface area contributed by atoms with E-state index >= 15 is 0 Å². The minimum absolute atomic E-state index is 0.787. The van der Waals surface area contributed by atoms with E-state index < -0.39 is 0 Å². The number of rotatable bonds is 4. The second kappa shape index (κ2) is 4.63. The average molecular weight is 196 g/mol. The molecule has 2 aliphatic rings. The fraction of sp³-hybridized carbons (Fsp3) is 1.00. The fourth-order valence-corrected chi connectivity index (χ4v) is 2.46. The Labute approximate surface area is 88.1 Å². The Balaban J connectivity index is 1.71. The van der Waals surface area contributed by atoms with E-state index in [1.165, 1.54) is 45.3 Å². The van der Waals surface area contributed by atoms with E-state index in [0.29, 0.717) is 0 Å². The Bertz CT molecular complexity index is 165. The quantitative estimate of drug-likeness (QED) is 0.738. The molecule has 0 aromatic heterocycles. The summed E-state index contributed by atoms with van der Waals surface area (Å²) in [7, 11) is 0. The second-order valence-corrected chi connectivity index (χ2v) is 5.43. The Morgan fingerprint density at radius 3 is 2.64 bits per heavy atom. The highest BCUT2D eigenvalue weighted by atomic mass is 15.2. The van der Waals surface area contributed by atoms with E-state index in [-0.39, 0.29) is 0 Å². The SMILES string of the molecule is CC(C)CN1CCC[C@H](NC2CC2)C1. The molecule has 0 bridgehead atoms. The Morgan fingerprint density at radius 2 is 2.00 bits per heavy atom. The van der Waals surface area contributed by atoms with Crippen LogP contribution in [0.5, 0.6) is 0 Å². The molecule has 1 N–H and O–H groups in total. The first-order valence-corrected chi connectivity index (χ1v) is 6.22. The number of likely N-dealkylation sites (tertiary alicyclic amines) is 1. The lowest BCUT2D eigenvalue weighted by Gasteiger charge is -2.34. The Morgan fingerprint density at radius 1 is 1.21 bits per heavy atom. The smallest absolute Gasteiger partial charge is 0.0198 e. The lowest BCUT2D eigenvalue weighted by atomic mass is 10.0. The van der Waals surface area contributed by atoms with Gasteiger partial charge in [-0.1, -0.05) is 13.8 Å². The van der Waals surface area contributed by atoms with Gasteiger partial charge in [0.15, 0.2) is 0 Å². The van der Waals surface area contributed by atoms with Gasteiger partial charge in [0.1, 0.15) is 0 Å². The van der Waals surface area contributed by atoms with Crippen molar-refractivity contribution >= 4 is 0 Å². The molecule has 0 aromatic rings. The lowest BCUT2D eigenvalue weighted by molar-refractivity contribution is 0.172. The van der Waals surface area contributed by atoms with Crippen LogP contribution in [-0.4, -0.2) is 36.6 Å². The van der Waals surface area contributed by atoms with Gasteiger partial charge in [-0.05, 0) is 38.1 Å². The molecule has 14 heavy (non-hydrogen) atoms. The van der Waals surface area contributed by atoms with Crippen LogP contribution in [0, 0.1) is 5.92 Å². The Hall–Kier alpha value is -0.0800. The van der Waals surface area contributed by atoms with Crippen molar-refractivity contribution in [3.05, 3.63) is 0 Å². The molecule has 0 radical (unpaired) electrons. The van der Waals surface area contributed by atoms with Crippen molar-refractivity contribution in [1.82, 2.24) is 10.2 Å². The third kappa shape index (κ3) is 3.25. The number of nitrogens with one attached hydrogen (secondary N) is 1. The van der Waals surface area contributed by atoms with Gasteiger partial charge in [0.05, 0.1) is 0 Å². The minimum atomic E-state index is 0.787. The van der Waals surface area contributed by atoms with Crippen LogP contribution in [-0.2, 0) is 0 Å². The molecule has 1 saturated carbocycles. The van der Waals surface area contributed by atoms with Gasteiger partial charge in [-0.25, -0.2) is 0 Å². The molecular weight excluding hydrogens is 172 g/mol. The van der Waals surface area contributed by atoms with Crippen molar-refractivity contribution in [2.24, 2.45) is 5.92 Å². The van der Waals surface area contributed by atoms with E-state index in [2.05, 4.69) is 24.1 Å². The Kier molecular flexibility index (Phi) is 3.45. The van der Waals surface area contributed by atoms with Crippen LogP contribution in [0.3, 0.4) is 0 Å². The minimum Gasteiger partial charge on any atom is -0.310 e. The molecule has 2 nitrogen and oxygen atoms in total. The lowest BCUT2D eigenvalue weighted by Crippen LogP contribution is -2.47. The summed E-state index contributed by atoms with van der Waals surface area (Å²) >= 11 is 0. The first-order chi connectivity index (χ1) is 6.74. The van der Waals surface area contributed by atoms with Gasteiger partial charge in [0.2, 0.25) is 0 Å². The van der Waals surface area contributed by atoms with E-state index in [9.17, 15) is 0 Å². The molecule has 0 spiro atoms. The largest absolute Gasteiger partial charge is 0.310 e. The highest BCUT2D eigenvalue weighted by molar-refractivity contribution is 4.88. The normalized spacial score (nSPS) is 29.8. The van der Waals surface area contributed by atoms with E-state index in [1.54, 1.807) is 0 Å². The van der Waals surface area contributed by atoms with Gasteiger partial charge in [-0.3, -0.25) is 0 Å². The standard InChI is InChI=1S/C12H24N2/c1-10(2)8-14-7-3-4-12(9-14)13-11-5-6-11/h10-13H,3-9H2,1-2H3/t12-/m0/s1. The summed E-state index contributed by atoms with van der Waals surface area (Å²) in [5.74, 6) is 0.815. The summed E-state index contributed by atoms with van der Waals surface area (Å²) in [6.45, 7) is 8.52. The van der Waals surface area contributed by atoms with Crippen molar-refractivity contribution in [3.63, 3.8) is 0 Å². The van der Waals surface area contributed by atoms with Crippen LogP contribution < -0.4 is 5.32 Å². The monoisotopic (exact) mass is 196 g/mol. The van der Waals surface area contributed by atoms with E-state index in [1.807, 2.05) is 0 Å². The first-order valence-electron chi connectivity index (χ1n) is 6.22. The molecule has 2 fully saturated rings. The average Bonchev–Trinajstić information content (AvgIpc) is 2.87. The summed E-state index contributed by atoms with van der Waals surface area (Å²) in [4.78, 5) is 2.63. The van der Waals surface area contributed by atoms with Crippen molar-refractivity contribution in [3.8, 4) is 0 Å². The zero-order chi connectivity index (χ0) is 9.97. The molecule has 1 saturated heterocycles. The molecule has 1 atom stereocenters. The first kappa shape index (κ1) is 10.4. The molecule has 1 heterocycles. The van der Waals surface area contributed by atoms with Crippen molar-refractivity contribution in [2.45, 2.75) is 51.6 Å². The molecule has 0 aromatic carbocycles. The van der Waals surface area contributed by atoms with Crippen molar-refractivity contribution in [2.75, 3.05) is 19.6 Å². The van der Waals surface area contributed by atoms with Gasteiger partial charge >= 0.3 is 0 Å². The van der Waals surface area contributed by atoms with Gasteiger partial charge in [-0.2, -0.15) is 0 Å². The third-order valence-corrected chi connectivity index (χ3v) is 3.18. The topological polar surface area (TPSA) is 15.3 Å². The molecule has 1 aliphatic heterocycles. The molecule has 2 rings (SSSR count). The van der Waals surface area contributed by atoms with Crippen LogP contribution in [0.1, 0.15) is 39.5 Å². The van der Waals surface area contributed by atoms with Gasteiger partial charge in [-0.15, -0.1) is 0 Å². The fourth-order valence-electron chi connectivity index (χ4n) is 2.46. The summed E-state index contributed by atoms with van der Waals surface area (Å²) < 4.78 is 0. The predicted molar refractivity (Wildman–Crippen MR) is 60.5 cm³/mol. The van der Waals surface area contributed by atoms with E-state index in [4.69, 9.17) is 0 Å². The summed E-state index contributed by atoms with van der Waals surface area (Å²) in [6.07, 6.45) is 5.61. The zero-order valence-electron chi connectivity index (χ0n) is 9.63. The van der Waals surface area contributed by atoms with Crippen LogP contribution in [0.15, 0.2) is 0 Å². The third-order valence-electron chi connectivity index (χ3n) is 3.18. The zero-order valence-corrected chi connectivity index (χ0v) is 9.63. The van der Waals surface area contributed by atoms with Crippen LogP contribution in [0.2, 0.25) is 0 Å². The molecule has 0 amide bonds. The summed E-state index contributed by atoms with van der Waals surface area (Å²) in [5.41, 5.74) is 0. The highest BCUT2D eigenvalue weighted by Crippen LogP contribution is 2.22. The molecular formula is C12H24N2. The highest BCUT2D eigenvalue weighted by Gasteiger charge is 2.27. The van der Waals surface area contributed by atoms with Crippen LogP contribution in [0.4, 0.5) is 0 Å². The van der Waals surface area contributed by atoms with Crippen molar-refractivity contribution in [1.29, 1.82) is 0 Å². The molecule has 82 valence electrons. The number of nitrogens with zero attached hydrogens (tertiary/aromatic N) is 1. The van der Waals surface area contributed by atoms with Gasteiger partial charge < -0.3 is 10.2 Å². The molecule has 1 aliphatic carbocycles. The predicted octanol–water partition coefficient (Wildman–Crippen LogP) is 1.86. The number of hydrogen-bond donors (Lipinski definition) is 1. The molecule has 0 unspecified atom stereocenters. The maximum absolute atomic E-state index is 3.75.